The summed E-state index contributed by atoms with van der Waals surface area (Å²) >= 11 is 5.82. The van der Waals surface area contributed by atoms with Crippen molar-refractivity contribution in [2.45, 2.75) is 12.7 Å². The highest BCUT2D eigenvalue weighted by atomic mass is 35.5. The van der Waals surface area contributed by atoms with Crippen molar-refractivity contribution in [1.29, 1.82) is 0 Å². The van der Waals surface area contributed by atoms with Gasteiger partial charge in [-0.2, -0.15) is 13.2 Å². The molecule has 1 N–H and O–H groups in total. The van der Waals surface area contributed by atoms with Crippen LogP contribution in [0.25, 0.3) is 0 Å². The lowest BCUT2D eigenvalue weighted by molar-refractivity contribution is -0.140. The minimum Gasteiger partial charge on any atom is -0.380 e. The van der Waals surface area contributed by atoms with Crippen LogP contribution in [0.15, 0.2) is 36.4 Å². The Hall–Kier alpha value is -1.82. The molecule has 0 bridgehead atoms. The van der Waals surface area contributed by atoms with Gasteiger partial charge in [0.1, 0.15) is 11.6 Å². The van der Waals surface area contributed by atoms with Gasteiger partial charge in [-0.1, -0.05) is 17.7 Å². The minimum absolute atomic E-state index is 0.0491. The van der Waals surface area contributed by atoms with E-state index in [1.807, 2.05) is 0 Å². The molecule has 0 radical (unpaired) electrons. The third kappa shape index (κ3) is 3.85. The summed E-state index contributed by atoms with van der Waals surface area (Å²) in [6.07, 6.45) is -4.77. The summed E-state index contributed by atoms with van der Waals surface area (Å²) in [6, 6.07) is 6.27. The lowest BCUT2D eigenvalue weighted by atomic mass is 10.1. The average Bonchev–Trinajstić information content (AvgIpc) is 2.40. The number of benzene rings is 2. The normalized spacial score (nSPS) is 11.5. The largest absolute Gasteiger partial charge is 0.419 e. The van der Waals surface area contributed by atoms with E-state index in [0.717, 1.165) is 18.2 Å². The van der Waals surface area contributed by atoms with Crippen molar-refractivity contribution in [3.05, 3.63) is 64.2 Å². The quantitative estimate of drug-likeness (QED) is 0.761. The number of anilines is 1. The average molecular weight is 322 g/mol. The van der Waals surface area contributed by atoms with Crippen molar-refractivity contribution >= 4 is 17.3 Å². The molecular formula is C14H9ClF5N. The second-order valence-corrected chi connectivity index (χ2v) is 4.70. The molecule has 0 atom stereocenters. The Morgan fingerprint density at radius 3 is 2.38 bits per heavy atom. The van der Waals surface area contributed by atoms with Gasteiger partial charge in [0.25, 0.3) is 0 Å². The maximum absolute atomic E-state index is 13.1. The fourth-order valence-electron chi connectivity index (χ4n) is 1.73. The molecule has 0 saturated heterocycles. The Labute approximate surface area is 122 Å². The molecule has 0 aromatic heterocycles. The number of alkyl halides is 3. The van der Waals surface area contributed by atoms with Crippen LogP contribution in [0.1, 0.15) is 11.1 Å². The van der Waals surface area contributed by atoms with Crippen LogP contribution < -0.4 is 5.32 Å². The zero-order chi connectivity index (χ0) is 15.6. The number of hydrogen-bond acceptors (Lipinski definition) is 1. The second kappa shape index (κ2) is 5.89. The van der Waals surface area contributed by atoms with Gasteiger partial charge in [-0.05, 0) is 35.9 Å². The highest BCUT2D eigenvalue weighted by molar-refractivity contribution is 6.33. The number of rotatable bonds is 3. The van der Waals surface area contributed by atoms with Gasteiger partial charge in [0.05, 0.1) is 16.3 Å². The van der Waals surface area contributed by atoms with E-state index >= 15 is 0 Å². The fourth-order valence-corrected chi connectivity index (χ4v) is 1.91. The minimum atomic E-state index is -4.77. The summed E-state index contributed by atoms with van der Waals surface area (Å²) in [5.41, 5.74) is -0.897. The first kappa shape index (κ1) is 15.6. The highest BCUT2D eigenvalue weighted by Crippen LogP contribution is 2.32. The van der Waals surface area contributed by atoms with Gasteiger partial charge in [0, 0.05) is 6.54 Å². The van der Waals surface area contributed by atoms with Crippen LogP contribution in [0, 0.1) is 11.6 Å². The van der Waals surface area contributed by atoms with Crippen molar-refractivity contribution in [3.8, 4) is 0 Å². The van der Waals surface area contributed by atoms with Crippen molar-refractivity contribution in [2.75, 3.05) is 5.32 Å². The molecule has 0 fully saturated rings. The summed E-state index contributed by atoms with van der Waals surface area (Å²) < 4.78 is 63.9. The first-order chi connectivity index (χ1) is 9.77. The monoisotopic (exact) mass is 321 g/mol. The lowest BCUT2D eigenvalue weighted by Crippen LogP contribution is -2.10. The number of halogens is 6. The molecule has 0 spiro atoms. The highest BCUT2D eigenvalue weighted by Gasteiger charge is 2.34. The molecule has 2 aromatic rings. The van der Waals surface area contributed by atoms with E-state index in [9.17, 15) is 22.0 Å². The Kier molecular flexibility index (Phi) is 4.37. The first-order valence-electron chi connectivity index (χ1n) is 5.82. The Bertz CT molecular complexity index is 654. The summed E-state index contributed by atoms with van der Waals surface area (Å²) in [4.78, 5) is 0. The molecule has 0 unspecified atom stereocenters. The second-order valence-electron chi connectivity index (χ2n) is 4.29. The van der Waals surface area contributed by atoms with Crippen LogP contribution in [-0.2, 0) is 12.7 Å². The fraction of sp³-hybridized carbons (Fsp3) is 0.143. The summed E-state index contributed by atoms with van der Waals surface area (Å²) in [7, 11) is 0. The lowest BCUT2D eigenvalue weighted by Gasteiger charge is -2.12. The zero-order valence-electron chi connectivity index (χ0n) is 10.4. The topological polar surface area (TPSA) is 12.0 Å². The number of hydrogen-bond donors (Lipinski definition) is 1. The molecule has 0 saturated carbocycles. The molecule has 0 aliphatic carbocycles. The van der Waals surface area contributed by atoms with E-state index < -0.39 is 23.4 Å². The van der Waals surface area contributed by atoms with Crippen molar-refractivity contribution < 1.29 is 22.0 Å². The van der Waals surface area contributed by atoms with E-state index in [0.29, 0.717) is 6.07 Å². The Morgan fingerprint density at radius 1 is 1.00 bits per heavy atom. The van der Waals surface area contributed by atoms with Crippen LogP contribution >= 0.6 is 11.6 Å². The van der Waals surface area contributed by atoms with Gasteiger partial charge in [0.15, 0.2) is 0 Å². The summed E-state index contributed by atoms with van der Waals surface area (Å²) in [5.74, 6) is -1.87. The molecule has 7 heteroatoms. The predicted octanol–water partition coefficient (Wildman–Crippen LogP) is 5.25. The van der Waals surface area contributed by atoms with Gasteiger partial charge in [-0.25, -0.2) is 8.78 Å². The zero-order valence-corrected chi connectivity index (χ0v) is 11.2. The van der Waals surface area contributed by atoms with Crippen LogP contribution in [0.3, 0.4) is 0 Å². The van der Waals surface area contributed by atoms with Gasteiger partial charge in [0.2, 0.25) is 0 Å². The van der Waals surface area contributed by atoms with Crippen LogP contribution in [0.2, 0.25) is 5.02 Å². The van der Waals surface area contributed by atoms with Crippen LogP contribution in [-0.4, -0.2) is 0 Å². The summed E-state index contributed by atoms with van der Waals surface area (Å²) in [6.45, 7) is -0.0491. The van der Waals surface area contributed by atoms with E-state index in [1.165, 1.54) is 12.1 Å². The molecule has 2 rings (SSSR count). The molecule has 21 heavy (non-hydrogen) atoms. The van der Waals surface area contributed by atoms with Gasteiger partial charge in [-0.3, -0.25) is 0 Å². The maximum atomic E-state index is 13.1. The molecule has 112 valence electrons. The van der Waals surface area contributed by atoms with Crippen molar-refractivity contribution in [1.82, 2.24) is 0 Å². The van der Waals surface area contributed by atoms with Crippen LogP contribution in [0.5, 0.6) is 0 Å². The molecular weight excluding hydrogens is 313 g/mol. The molecule has 1 nitrogen and oxygen atoms in total. The smallest absolute Gasteiger partial charge is 0.380 e. The number of nitrogens with one attached hydrogen (secondary N) is 1. The van der Waals surface area contributed by atoms with Crippen molar-refractivity contribution in [3.63, 3.8) is 0 Å². The molecule has 2 aromatic carbocycles. The van der Waals surface area contributed by atoms with E-state index in [2.05, 4.69) is 5.32 Å². The maximum Gasteiger partial charge on any atom is 0.419 e. The molecule has 0 heterocycles. The molecule has 0 aliphatic rings. The Morgan fingerprint density at radius 2 is 1.71 bits per heavy atom. The first-order valence-corrected chi connectivity index (χ1v) is 6.20. The molecule has 0 amide bonds. The van der Waals surface area contributed by atoms with Gasteiger partial charge >= 0.3 is 6.18 Å². The van der Waals surface area contributed by atoms with E-state index in [1.54, 1.807) is 0 Å². The van der Waals surface area contributed by atoms with Crippen molar-refractivity contribution in [2.24, 2.45) is 0 Å². The van der Waals surface area contributed by atoms with E-state index in [-0.39, 0.29) is 22.8 Å². The summed E-state index contributed by atoms with van der Waals surface area (Å²) in [5, 5.41) is 2.94. The standard InChI is InChI=1S/C14H9ClF5N/c15-11-3-2-9(16)6-13(11)21-7-8-1-4-12(17)10(5-8)14(18,19)20/h1-6,21H,7H2. The van der Waals surface area contributed by atoms with Crippen LogP contribution in [0.4, 0.5) is 27.6 Å². The van der Waals surface area contributed by atoms with Gasteiger partial charge < -0.3 is 5.32 Å². The predicted molar refractivity (Wildman–Crippen MR) is 70.1 cm³/mol. The third-order valence-electron chi connectivity index (χ3n) is 2.75. The Balaban J connectivity index is 2.19. The van der Waals surface area contributed by atoms with Gasteiger partial charge in [-0.15, -0.1) is 0 Å². The third-order valence-corrected chi connectivity index (χ3v) is 3.08. The SMILES string of the molecule is Fc1ccc(Cl)c(NCc2ccc(F)c(C(F)(F)F)c2)c1. The molecule has 0 aliphatic heterocycles. The van der Waals surface area contributed by atoms with E-state index in [4.69, 9.17) is 11.6 Å².